The van der Waals surface area contributed by atoms with Gasteiger partial charge in [0, 0.05) is 12.8 Å². The maximum Gasteiger partial charge on any atom is 0.277 e. The van der Waals surface area contributed by atoms with Crippen molar-refractivity contribution in [3.05, 3.63) is 47.4 Å². The van der Waals surface area contributed by atoms with E-state index in [-0.39, 0.29) is 40.0 Å². The van der Waals surface area contributed by atoms with Crippen LogP contribution in [0.1, 0.15) is 48.3 Å². The zero-order chi connectivity index (χ0) is 22.9. The summed E-state index contributed by atoms with van der Waals surface area (Å²) in [5.41, 5.74) is 6.20. The largest absolute Gasteiger partial charge is 0.389 e. The second-order valence-corrected chi connectivity index (χ2v) is 8.95. The van der Waals surface area contributed by atoms with Crippen LogP contribution in [0.15, 0.2) is 24.4 Å². The van der Waals surface area contributed by atoms with Crippen LogP contribution in [0.5, 0.6) is 0 Å². The van der Waals surface area contributed by atoms with Crippen LogP contribution in [-0.4, -0.2) is 27.0 Å². The van der Waals surface area contributed by atoms with E-state index < -0.39 is 23.5 Å². The minimum absolute atomic E-state index is 0.00592. The van der Waals surface area contributed by atoms with Crippen molar-refractivity contribution in [3.8, 4) is 10.6 Å². The van der Waals surface area contributed by atoms with Crippen LogP contribution in [-0.2, 0) is 6.42 Å². The Balaban J connectivity index is 1.51. The smallest absolute Gasteiger partial charge is 0.277 e. The van der Waals surface area contributed by atoms with Gasteiger partial charge >= 0.3 is 0 Å². The van der Waals surface area contributed by atoms with E-state index in [1.165, 1.54) is 12.3 Å². The summed E-state index contributed by atoms with van der Waals surface area (Å²) >= 11 is 0.791. The molecule has 1 saturated carbocycles. The highest BCUT2D eigenvalue weighted by atomic mass is 32.1. The first kappa shape index (κ1) is 22.3. The van der Waals surface area contributed by atoms with Crippen LogP contribution < -0.4 is 11.1 Å². The molecule has 1 aliphatic carbocycles. The van der Waals surface area contributed by atoms with Gasteiger partial charge in [-0.2, -0.15) is 5.10 Å². The third-order valence-electron chi connectivity index (χ3n) is 5.50. The molecule has 1 fully saturated rings. The van der Waals surface area contributed by atoms with E-state index in [4.69, 9.17) is 5.73 Å². The molecule has 0 bridgehead atoms. The SMILES string of the molecule is Nc1sc(-c2c(F)cccc2F)nc1C(=O)Nc1cn[nH]c1CC1CCCCC(F)(F)C1. The molecule has 2 heterocycles. The van der Waals surface area contributed by atoms with E-state index >= 15 is 0 Å². The van der Waals surface area contributed by atoms with Gasteiger partial charge in [-0.05, 0) is 37.3 Å². The maximum atomic E-state index is 14.1. The van der Waals surface area contributed by atoms with Crippen LogP contribution >= 0.6 is 11.3 Å². The van der Waals surface area contributed by atoms with Crippen LogP contribution in [0.25, 0.3) is 10.6 Å². The molecular weight excluding hydrogens is 446 g/mol. The van der Waals surface area contributed by atoms with Gasteiger partial charge in [-0.3, -0.25) is 9.89 Å². The lowest BCUT2D eigenvalue weighted by Crippen LogP contribution is -2.20. The maximum absolute atomic E-state index is 14.1. The van der Waals surface area contributed by atoms with Crippen LogP contribution in [0, 0.1) is 17.6 Å². The number of benzene rings is 1. The fourth-order valence-corrected chi connectivity index (χ4v) is 4.84. The number of halogens is 4. The highest BCUT2D eigenvalue weighted by Crippen LogP contribution is 2.37. The molecule has 0 spiro atoms. The van der Waals surface area contributed by atoms with Gasteiger partial charge in [-0.25, -0.2) is 22.5 Å². The Labute approximate surface area is 185 Å². The number of aromatic nitrogens is 3. The predicted molar refractivity (Wildman–Crippen MR) is 114 cm³/mol. The van der Waals surface area contributed by atoms with Crippen molar-refractivity contribution < 1.29 is 22.4 Å². The summed E-state index contributed by atoms with van der Waals surface area (Å²) in [5.74, 6) is -5.26. The number of nitrogens with one attached hydrogen (secondary N) is 2. The van der Waals surface area contributed by atoms with Crippen molar-refractivity contribution in [1.29, 1.82) is 0 Å². The van der Waals surface area contributed by atoms with Gasteiger partial charge in [0.25, 0.3) is 5.91 Å². The monoisotopic (exact) mass is 467 g/mol. The number of hydrogen-bond acceptors (Lipinski definition) is 5. The number of anilines is 2. The molecule has 0 radical (unpaired) electrons. The van der Waals surface area contributed by atoms with E-state index in [2.05, 4.69) is 20.5 Å². The lowest BCUT2D eigenvalue weighted by Gasteiger charge is -2.19. The van der Waals surface area contributed by atoms with Crippen molar-refractivity contribution in [1.82, 2.24) is 15.2 Å². The summed E-state index contributed by atoms with van der Waals surface area (Å²) in [7, 11) is 0. The molecule has 3 aromatic rings. The fourth-order valence-electron chi connectivity index (χ4n) is 3.97. The van der Waals surface area contributed by atoms with E-state index in [1.807, 2.05) is 0 Å². The lowest BCUT2D eigenvalue weighted by atomic mass is 9.93. The van der Waals surface area contributed by atoms with Crippen molar-refractivity contribution in [2.24, 2.45) is 5.92 Å². The van der Waals surface area contributed by atoms with Crippen molar-refractivity contribution >= 4 is 27.9 Å². The number of H-pyrrole nitrogens is 1. The van der Waals surface area contributed by atoms with Crippen LogP contribution in [0.3, 0.4) is 0 Å². The normalized spacial score (nSPS) is 18.3. The molecule has 1 atom stereocenters. The Morgan fingerprint density at radius 3 is 2.78 bits per heavy atom. The summed E-state index contributed by atoms with van der Waals surface area (Å²) in [6.45, 7) is 0. The first-order chi connectivity index (χ1) is 15.2. The Morgan fingerprint density at radius 2 is 2.03 bits per heavy atom. The molecule has 0 saturated heterocycles. The molecule has 1 unspecified atom stereocenters. The first-order valence-electron chi connectivity index (χ1n) is 10.2. The first-order valence-corrected chi connectivity index (χ1v) is 11.0. The lowest BCUT2D eigenvalue weighted by molar-refractivity contribution is -0.0250. The van der Waals surface area contributed by atoms with E-state index in [9.17, 15) is 22.4 Å². The van der Waals surface area contributed by atoms with Crippen molar-refractivity contribution in [3.63, 3.8) is 0 Å². The summed E-state index contributed by atoms with van der Waals surface area (Å²) in [6.07, 6.45) is 3.25. The number of thiazole rings is 1. The third kappa shape index (κ3) is 4.77. The molecule has 0 aliphatic heterocycles. The third-order valence-corrected chi connectivity index (χ3v) is 6.40. The second kappa shape index (κ2) is 8.89. The molecule has 170 valence electrons. The number of carbonyl (C=O) groups is 1. The number of amides is 1. The Hall–Kier alpha value is -2.95. The summed E-state index contributed by atoms with van der Waals surface area (Å²) in [5, 5.41) is 9.24. The quantitative estimate of drug-likeness (QED) is 0.346. The number of aromatic amines is 1. The fraction of sp³-hybridized carbons (Fsp3) is 0.381. The molecule has 4 rings (SSSR count). The number of nitrogens with two attached hydrogens (primary N) is 1. The van der Waals surface area contributed by atoms with Gasteiger partial charge in [-0.15, -0.1) is 0 Å². The second-order valence-electron chi connectivity index (χ2n) is 7.92. The summed E-state index contributed by atoms with van der Waals surface area (Å²) in [6, 6.07) is 3.40. The van der Waals surface area contributed by atoms with E-state index in [0.717, 1.165) is 29.9 Å². The number of hydrogen-bond donors (Lipinski definition) is 3. The van der Waals surface area contributed by atoms with Crippen molar-refractivity contribution in [2.75, 3.05) is 11.1 Å². The average Bonchev–Trinajstić information content (AvgIpc) is 3.26. The van der Waals surface area contributed by atoms with Crippen LogP contribution in [0.2, 0.25) is 0 Å². The van der Waals surface area contributed by atoms with Crippen LogP contribution in [0.4, 0.5) is 28.3 Å². The van der Waals surface area contributed by atoms with E-state index in [1.54, 1.807) is 0 Å². The van der Waals surface area contributed by atoms with Gasteiger partial charge in [0.15, 0.2) is 5.69 Å². The Morgan fingerprint density at radius 1 is 1.28 bits per heavy atom. The molecule has 6 nitrogen and oxygen atoms in total. The Bertz CT molecular complexity index is 1110. The molecule has 32 heavy (non-hydrogen) atoms. The molecule has 1 amide bonds. The molecule has 1 aliphatic rings. The number of alkyl halides is 2. The number of carbonyl (C=O) groups excluding carboxylic acids is 1. The van der Waals surface area contributed by atoms with Gasteiger partial charge < -0.3 is 11.1 Å². The molecule has 2 aromatic heterocycles. The highest BCUT2D eigenvalue weighted by molar-refractivity contribution is 7.19. The predicted octanol–water partition coefficient (Wildman–Crippen LogP) is 5.40. The summed E-state index contributed by atoms with van der Waals surface area (Å²) in [4.78, 5) is 16.8. The Kier molecular flexibility index (Phi) is 6.18. The number of rotatable bonds is 5. The van der Waals surface area contributed by atoms with E-state index in [0.29, 0.717) is 30.6 Å². The molecule has 11 heteroatoms. The van der Waals surface area contributed by atoms with Gasteiger partial charge in [0.2, 0.25) is 5.92 Å². The average molecular weight is 467 g/mol. The summed E-state index contributed by atoms with van der Waals surface area (Å²) < 4.78 is 56.0. The minimum Gasteiger partial charge on any atom is -0.389 e. The number of nitrogens with zero attached hydrogens (tertiary/aromatic N) is 2. The minimum atomic E-state index is -2.70. The molecule has 1 aromatic carbocycles. The standard InChI is InChI=1S/C21H21F4N5OS/c22-12-5-3-6-13(23)16(12)20-29-17(18(26)32-20)19(31)28-15-10-27-30-14(15)8-11-4-1-2-7-21(24,25)9-11/h3,5-6,10-11H,1-2,4,7-9,26H2,(H,27,30)(H,28,31). The van der Waals surface area contributed by atoms with Gasteiger partial charge in [0.05, 0.1) is 23.1 Å². The topological polar surface area (TPSA) is 96.7 Å². The zero-order valence-corrected chi connectivity index (χ0v) is 17.7. The van der Waals surface area contributed by atoms with Gasteiger partial charge in [-0.1, -0.05) is 23.8 Å². The number of nitrogen functional groups attached to an aromatic ring is 1. The molecular formula is C21H21F4N5OS. The van der Waals surface area contributed by atoms with Crippen molar-refractivity contribution in [2.45, 2.75) is 44.4 Å². The molecule has 4 N–H and O–H groups in total. The van der Waals surface area contributed by atoms with Gasteiger partial charge in [0.1, 0.15) is 21.6 Å². The zero-order valence-electron chi connectivity index (χ0n) is 16.9. The highest BCUT2D eigenvalue weighted by Gasteiger charge is 2.35.